The van der Waals surface area contributed by atoms with Crippen LogP contribution in [-0.4, -0.2) is 0 Å². The van der Waals surface area contributed by atoms with Crippen LogP contribution in [0.15, 0.2) is 42.5 Å². The van der Waals surface area contributed by atoms with E-state index in [-0.39, 0.29) is 5.38 Å². The van der Waals surface area contributed by atoms with E-state index < -0.39 is 0 Å². The van der Waals surface area contributed by atoms with Gasteiger partial charge in [0.15, 0.2) is 0 Å². The van der Waals surface area contributed by atoms with Gasteiger partial charge in [-0.15, -0.1) is 11.6 Å². The van der Waals surface area contributed by atoms with Crippen LogP contribution in [0.3, 0.4) is 0 Å². The minimum atomic E-state index is -0.271. The van der Waals surface area contributed by atoms with Crippen LogP contribution < -0.4 is 0 Å². The van der Waals surface area contributed by atoms with Crippen LogP contribution in [0.4, 0.5) is 0 Å². The molecule has 0 nitrogen and oxygen atoms in total. The number of alkyl halides is 1. The Morgan fingerprint density at radius 1 is 1.00 bits per heavy atom. The molecule has 94 valence electrons. The van der Waals surface area contributed by atoms with E-state index in [0.717, 1.165) is 17.5 Å². The van der Waals surface area contributed by atoms with Gasteiger partial charge in [0.05, 0.1) is 5.38 Å². The molecule has 3 heteroatoms. The molecule has 0 aliphatic rings. The van der Waals surface area contributed by atoms with Gasteiger partial charge < -0.3 is 0 Å². The summed E-state index contributed by atoms with van der Waals surface area (Å²) in [5.41, 5.74) is 3.17. The van der Waals surface area contributed by atoms with Crippen molar-refractivity contribution in [3.63, 3.8) is 0 Å². The van der Waals surface area contributed by atoms with Crippen molar-refractivity contribution in [2.45, 2.75) is 18.7 Å². The number of aryl methyl sites for hydroxylation is 1. The molecule has 0 aromatic heterocycles. The summed E-state index contributed by atoms with van der Waals surface area (Å²) in [6, 6.07) is 13.5. The molecule has 18 heavy (non-hydrogen) atoms. The molecule has 0 fully saturated rings. The predicted molar refractivity (Wildman–Crippen MR) is 80.0 cm³/mol. The SMILES string of the molecule is CCc1ccccc1C(Cl)c1cc(Cl)ccc1Cl. The Labute approximate surface area is 122 Å². The first-order valence-electron chi connectivity index (χ1n) is 5.80. The van der Waals surface area contributed by atoms with Crippen molar-refractivity contribution in [2.24, 2.45) is 0 Å². The molecule has 0 saturated heterocycles. The zero-order chi connectivity index (χ0) is 13.1. The Morgan fingerprint density at radius 2 is 1.72 bits per heavy atom. The second kappa shape index (κ2) is 5.97. The van der Waals surface area contributed by atoms with Crippen molar-refractivity contribution in [1.29, 1.82) is 0 Å². The third kappa shape index (κ3) is 2.83. The van der Waals surface area contributed by atoms with Gasteiger partial charge in [0, 0.05) is 10.0 Å². The average molecular weight is 300 g/mol. The van der Waals surface area contributed by atoms with Gasteiger partial charge in [-0.05, 0) is 41.3 Å². The molecule has 0 bridgehead atoms. The topological polar surface area (TPSA) is 0 Å². The number of hydrogen-bond donors (Lipinski definition) is 0. The highest BCUT2D eigenvalue weighted by Gasteiger charge is 2.16. The molecule has 2 aromatic rings. The number of halogens is 3. The molecule has 1 unspecified atom stereocenters. The van der Waals surface area contributed by atoms with E-state index in [1.54, 1.807) is 12.1 Å². The summed E-state index contributed by atoms with van der Waals surface area (Å²) in [4.78, 5) is 0. The molecule has 0 aliphatic carbocycles. The average Bonchev–Trinajstić information content (AvgIpc) is 2.40. The van der Waals surface area contributed by atoms with Gasteiger partial charge in [-0.1, -0.05) is 54.4 Å². The highest BCUT2D eigenvalue weighted by molar-refractivity contribution is 6.35. The molecule has 0 spiro atoms. The summed E-state index contributed by atoms with van der Waals surface area (Å²) >= 11 is 18.7. The van der Waals surface area contributed by atoms with Gasteiger partial charge in [0.25, 0.3) is 0 Å². The summed E-state index contributed by atoms with van der Waals surface area (Å²) in [6.07, 6.45) is 0.942. The van der Waals surface area contributed by atoms with Crippen LogP contribution in [0.25, 0.3) is 0 Å². The standard InChI is InChI=1S/C15H13Cl3/c1-2-10-5-3-4-6-12(10)15(18)13-9-11(16)7-8-14(13)17/h3-9,15H,2H2,1H3. The number of benzene rings is 2. The Hall–Kier alpha value is -0.690. The van der Waals surface area contributed by atoms with Crippen molar-refractivity contribution < 1.29 is 0 Å². The minimum Gasteiger partial charge on any atom is -0.113 e. The van der Waals surface area contributed by atoms with E-state index in [1.807, 2.05) is 24.3 Å². The molecule has 2 aromatic carbocycles. The zero-order valence-electron chi connectivity index (χ0n) is 9.96. The number of rotatable bonds is 3. The molecule has 2 rings (SSSR count). The summed E-state index contributed by atoms with van der Waals surface area (Å²) in [7, 11) is 0. The molecular formula is C15H13Cl3. The molecule has 0 N–H and O–H groups in total. The van der Waals surface area contributed by atoms with Crippen molar-refractivity contribution >= 4 is 34.8 Å². The molecular weight excluding hydrogens is 287 g/mol. The summed E-state index contributed by atoms with van der Waals surface area (Å²) in [5.74, 6) is 0. The fourth-order valence-electron chi connectivity index (χ4n) is 1.98. The predicted octanol–water partition coefficient (Wildman–Crippen LogP) is 5.88. The van der Waals surface area contributed by atoms with Crippen LogP contribution >= 0.6 is 34.8 Å². The molecule has 0 saturated carbocycles. The fraction of sp³-hybridized carbons (Fsp3) is 0.200. The van der Waals surface area contributed by atoms with E-state index in [2.05, 4.69) is 13.0 Å². The maximum absolute atomic E-state index is 6.55. The number of hydrogen-bond acceptors (Lipinski definition) is 0. The highest BCUT2D eigenvalue weighted by atomic mass is 35.5. The van der Waals surface area contributed by atoms with Gasteiger partial charge >= 0.3 is 0 Å². The van der Waals surface area contributed by atoms with Gasteiger partial charge in [0.1, 0.15) is 0 Å². The summed E-state index contributed by atoms with van der Waals surface area (Å²) in [6.45, 7) is 2.11. The third-order valence-electron chi connectivity index (χ3n) is 2.94. The first kappa shape index (κ1) is 13.7. The largest absolute Gasteiger partial charge is 0.113 e. The monoisotopic (exact) mass is 298 g/mol. The first-order chi connectivity index (χ1) is 8.63. The van der Waals surface area contributed by atoms with Crippen molar-refractivity contribution in [3.05, 3.63) is 69.2 Å². The van der Waals surface area contributed by atoms with Crippen molar-refractivity contribution in [3.8, 4) is 0 Å². The highest BCUT2D eigenvalue weighted by Crippen LogP contribution is 2.36. The van der Waals surface area contributed by atoms with Crippen LogP contribution in [0.2, 0.25) is 10.0 Å². The fourth-order valence-corrected chi connectivity index (χ4v) is 2.84. The van der Waals surface area contributed by atoms with E-state index in [1.165, 1.54) is 5.56 Å². The normalized spacial score (nSPS) is 12.4. The van der Waals surface area contributed by atoms with E-state index in [0.29, 0.717) is 10.0 Å². The van der Waals surface area contributed by atoms with E-state index in [9.17, 15) is 0 Å². The van der Waals surface area contributed by atoms with Crippen LogP contribution in [0.5, 0.6) is 0 Å². The van der Waals surface area contributed by atoms with Crippen LogP contribution in [0, 0.1) is 0 Å². The summed E-state index contributed by atoms with van der Waals surface area (Å²) in [5, 5.41) is 1.02. The zero-order valence-corrected chi connectivity index (χ0v) is 12.2. The molecule has 0 amide bonds. The molecule has 1 atom stereocenters. The molecule has 0 heterocycles. The lowest BCUT2D eigenvalue weighted by Crippen LogP contribution is -1.99. The van der Waals surface area contributed by atoms with Crippen LogP contribution in [0.1, 0.15) is 29.0 Å². The van der Waals surface area contributed by atoms with Crippen molar-refractivity contribution in [1.82, 2.24) is 0 Å². The molecule has 0 radical (unpaired) electrons. The van der Waals surface area contributed by atoms with E-state index >= 15 is 0 Å². The van der Waals surface area contributed by atoms with E-state index in [4.69, 9.17) is 34.8 Å². The smallest absolute Gasteiger partial charge is 0.0852 e. The summed E-state index contributed by atoms with van der Waals surface area (Å²) < 4.78 is 0. The van der Waals surface area contributed by atoms with Crippen molar-refractivity contribution in [2.75, 3.05) is 0 Å². The maximum Gasteiger partial charge on any atom is 0.0852 e. The second-order valence-corrected chi connectivity index (χ2v) is 5.36. The Bertz CT molecular complexity index is 549. The quantitative estimate of drug-likeness (QED) is 0.620. The third-order valence-corrected chi connectivity index (χ3v) is 3.99. The van der Waals surface area contributed by atoms with Gasteiger partial charge in [-0.3, -0.25) is 0 Å². The van der Waals surface area contributed by atoms with Gasteiger partial charge in [0.2, 0.25) is 0 Å². The first-order valence-corrected chi connectivity index (χ1v) is 6.99. The van der Waals surface area contributed by atoms with Gasteiger partial charge in [-0.25, -0.2) is 0 Å². The Morgan fingerprint density at radius 3 is 2.44 bits per heavy atom. The van der Waals surface area contributed by atoms with Crippen LogP contribution in [-0.2, 0) is 6.42 Å². The Balaban J connectivity index is 2.47. The maximum atomic E-state index is 6.55. The Kier molecular flexibility index (Phi) is 4.55. The second-order valence-electron chi connectivity index (χ2n) is 4.08. The van der Waals surface area contributed by atoms with Gasteiger partial charge in [-0.2, -0.15) is 0 Å². The molecule has 0 aliphatic heterocycles. The lowest BCUT2D eigenvalue weighted by atomic mass is 9.98. The lowest BCUT2D eigenvalue weighted by Gasteiger charge is -2.16. The lowest BCUT2D eigenvalue weighted by molar-refractivity contribution is 1.04. The minimum absolute atomic E-state index is 0.271.